The van der Waals surface area contributed by atoms with E-state index < -0.39 is 16.0 Å². The van der Waals surface area contributed by atoms with E-state index >= 15 is 0 Å². The summed E-state index contributed by atoms with van der Waals surface area (Å²) in [5.41, 5.74) is -0.0616. The molecule has 9 heteroatoms. The number of aryl methyl sites for hydroxylation is 1. The number of H-pyrrole nitrogens is 1. The lowest BCUT2D eigenvalue weighted by Crippen LogP contribution is -2.14. The Morgan fingerprint density at radius 2 is 2.16 bits per heavy atom. The summed E-state index contributed by atoms with van der Waals surface area (Å²) in [5, 5.41) is 8.69. The van der Waals surface area contributed by atoms with Gasteiger partial charge in [-0.1, -0.05) is 0 Å². The number of hydrogen-bond acceptors (Lipinski definition) is 5. The zero-order valence-corrected chi connectivity index (χ0v) is 10.6. The molecule has 2 aromatic rings. The highest BCUT2D eigenvalue weighted by molar-refractivity contribution is 7.92. The highest BCUT2D eigenvalue weighted by Gasteiger charge is 2.17. The van der Waals surface area contributed by atoms with E-state index in [2.05, 4.69) is 19.7 Å². The van der Waals surface area contributed by atoms with Gasteiger partial charge in [0.2, 0.25) is 0 Å². The largest absolute Gasteiger partial charge is 0.478 e. The van der Waals surface area contributed by atoms with Crippen LogP contribution in [0.25, 0.3) is 0 Å². The van der Waals surface area contributed by atoms with Gasteiger partial charge in [0.05, 0.1) is 11.8 Å². The first-order valence-corrected chi connectivity index (χ1v) is 6.60. The van der Waals surface area contributed by atoms with Crippen LogP contribution in [0, 0.1) is 6.92 Å². The molecule has 0 spiro atoms. The van der Waals surface area contributed by atoms with Crippen molar-refractivity contribution in [1.29, 1.82) is 0 Å². The Morgan fingerprint density at radius 3 is 2.74 bits per heavy atom. The van der Waals surface area contributed by atoms with Crippen molar-refractivity contribution >= 4 is 21.8 Å². The molecule has 0 aliphatic rings. The quantitative estimate of drug-likeness (QED) is 0.754. The van der Waals surface area contributed by atoms with E-state index in [0.29, 0.717) is 5.82 Å². The molecule has 0 unspecified atom stereocenters. The fourth-order valence-corrected chi connectivity index (χ4v) is 2.32. The van der Waals surface area contributed by atoms with Gasteiger partial charge < -0.3 is 10.1 Å². The number of rotatable bonds is 4. The van der Waals surface area contributed by atoms with Crippen molar-refractivity contribution in [3.05, 3.63) is 35.9 Å². The van der Waals surface area contributed by atoms with Crippen molar-refractivity contribution in [2.24, 2.45) is 0 Å². The number of pyridine rings is 1. The van der Waals surface area contributed by atoms with Gasteiger partial charge in [-0.15, -0.1) is 0 Å². The third-order valence-electron chi connectivity index (χ3n) is 2.21. The van der Waals surface area contributed by atoms with E-state index in [1.165, 1.54) is 18.5 Å². The predicted molar refractivity (Wildman–Crippen MR) is 65.3 cm³/mol. The summed E-state index contributed by atoms with van der Waals surface area (Å²) in [4.78, 5) is 20.9. The van der Waals surface area contributed by atoms with Gasteiger partial charge in [0.1, 0.15) is 11.6 Å². The van der Waals surface area contributed by atoms with Gasteiger partial charge in [-0.05, 0) is 19.1 Å². The van der Waals surface area contributed by atoms with Crippen LogP contribution in [0.5, 0.6) is 0 Å². The molecule has 2 rings (SSSR count). The molecule has 19 heavy (non-hydrogen) atoms. The Kier molecular flexibility index (Phi) is 3.21. The normalized spacial score (nSPS) is 11.2. The number of anilines is 1. The summed E-state index contributed by atoms with van der Waals surface area (Å²) in [5.74, 6) is -0.792. The van der Waals surface area contributed by atoms with Gasteiger partial charge in [-0.2, -0.15) is 8.42 Å². The molecule has 0 aliphatic carbocycles. The lowest BCUT2D eigenvalue weighted by atomic mass is 10.3. The molecule has 0 fully saturated rings. The summed E-state index contributed by atoms with van der Waals surface area (Å²) < 4.78 is 26.0. The number of sulfonamides is 1. The van der Waals surface area contributed by atoms with Crippen LogP contribution in [0.1, 0.15) is 16.2 Å². The van der Waals surface area contributed by atoms with Crippen molar-refractivity contribution < 1.29 is 18.3 Å². The topological polar surface area (TPSA) is 125 Å². The van der Waals surface area contributed by atoms with Crippen LogP contribution in [-0.4, -0.2) is 34.4 Å². The summed E-state index contributed by atoms with van der Waals surface area (Å²) >= 11 is 0. The van der Waals surface area contributed by atoms with Crippen LogP contribution in [0.3, 0.4) is 0 Å². The molecule has 2 aromatic heterocycles. The molecule has 0 radical (unpaired) electrons. The zero-order valence-electron chi connectivity index (χ0n) is 9.78. The van der Waals surface area contributed by atoms with Crippen LogP contribution >= 0.6 is 0 Å². The van der Waals surface area contributed by atoms with Crippen LogP contribution in [0.15, 0.2) is 29.6 Å². The third kappa shape index (κ3) is 2.88. The van der Waals surface area contributed by atoms with Crippen LogP contribution in [0.4, 0.5) is 5.82 Å². The molecule has 2 heterocycles. The Balaban J connectivity index is 2.30. The molecular weight excluding hydrogens is 272 g/mol. The molecule has 0 amide bonds. The Morgan fingerprint density at radius 1 is 1.42 bits per heavy atom. The van der Waals surface area contributed by atoms with Crippen LogP contribution in [-0.2, 0) is 10.0 Å². The Hall–Kier alpha value is -2.42. The number of hydrogen-bond donors (Lipinski definition) is 3. The maximum Gasteiger partial charge on any atom is 0.335 e. The molecule has 0 bridgehead atoms. The molecule has 3 N–H and O–H groups in total. The van der Waals surface area contributed by atoms with E-state index in [-0.39, 0.29) is 16.4 Å². The molecule has 0 saturated carbocycles. The second-order valence-electron chi connectivity index (χ2n) is 3.67. The van der Waals surface area contributed by atoms with E-state index in [1.54, 1.807) is 6.92 Å². The standard InChI is InChI=1S/C10H10N4O4S/c1-6-12-5-9(13-6)19(17,18)14-8-4-7(10(15)16)2-3-11-8/h2-5H,1H3,(H,11,14)(H,12,13)(H,15,16). The van der Waals surface area contributed by atoms with Crippen molar-refractivity contribution in [3.63, 3.8) is 0 Å². The first-order valence-electron chi connectivity index (χ1n) is 5.12. The predicted octanol–water partition coefficient (Wildman–Crippen LogP) is 0.612. The van der Waals surface area contributed by atoms with Gasteiger partial charge in [-0.25, -0.2) is 14.8 Å². The first kappa shape index (κ1) is 13.0. The number of imidazole rings is 1. The van der Waals surface area contributed by atoms with E-state index in [1.807, 2.05) is 0 Å². The number of aromatic nitrogens is 3. The molecular formula is C10H10N4O4S. The average Bonchev–Trinajstić information content (AvgIpc) is 2.76. The minimum absolute atomic E-state index is 0.0616. The van der Waals surface area contributed by atoms with Crippen molar-refractivity contribution in [2.75, 3.05) is 4.72 Å². The highest BCUT2D eigenvalue weighted by Crippen LogP contribution is 2.13. The summed E-state index contributed by atoms with van der Waals surface area (Å²) in [6.07, 6.45) is 2.37. The van der Waals surface area contributed by atoms with Gasteiger partial charge in [-0.3, -0.25) is 4.72 Å². The molecule has 8 nitrogen and oxygen atoms in total. The molecule has 100 valence electrons. The minimum Gasteiger partial charge on any atom is -0.478 e. The van der Waals surface area contributed by atoms with Gasteiger partial charge in [0.15, 0.2) is 5.03 Å². The van der Waals surface area contributed by atoms with E-state index in [9.17, 15) is 13.2 Å². The maximum atomic E-state index is 11.9. The first-order chi connectivity index (χ1) is 8.88. The smallest absolute Gasteiger partial charge is 0.335 e. The molecule has 0 saturated heterocycles. The Labute approximate surface area is 108 Å². The summed E-state index contributed by atoms with van der Waals surface area (Å²) in [7, 11) is -3.86. The fraction of sp³-hybridized carbons (Fsp3) is 0.100. The zero-order chi connectivity index (χ0) is 14.0. The monoisotopic (exact) mass is 282 g/mol. The summed E-state index contributed by atoms with van der Waals surface area (Å²) in [6.45, 7) is 1.61. The number of carboxylic acids is 1. The number of carboxylic acid groups (broad SMARTS) is 1. The van der Waals surface area contributed by atoms with Crippen LogP contribution in [0.2, 0.25) is 0 Å². The van der Waals surface area contributed by atoms with Gasteiger partial charge in [0, 0.05) is 6.20 Å². The van der Waals surface area contributed by atoms with Gasteiger partial charge in [0.25, 0.3) is 10.0 Å². The lowest BCUT2D eigenvalue weighted by Gasteiger charge is -2.05. The fourth-order valence-electron chi connectivity index (χ4n) is 1.35. The molecule has 0 aromatic carbocycles. The average molecular weight is 282 g/mol. The van der Waals surface area contributed by atoms with E-state index in [0.717, 1.165) is 6.07 Å². The number of nitrogens with zero attached hydrogens (tertiary/aromatic N) is 2. The minimum atomic E-state index is -3.86. The number of aromatic amines is 1. The van der Waals surface area contributed by atoms with E-state index in [4.69, 9.17) is 5.11 Å². The number of aromatic carboxylic acids is 1. The molecule has 0 atom stereocenters. The van der Waals surface area contributed by atoms with Crippen molar-refractivity contribution in [2.45, 2.75) is 11.9 Å². The maximum absolute atomic E-state index is 11.9. The lowest BCUT2D eigenvalue weighted by molar-refractivity contribution is 0.0697. The molecule has 0 aliphatic heterocycles. The second kappa shape index (κ2) is 4.69. The third-order valence-corrected chi connectivity index (χ3v) is 3.48. The van der Waals surface area contributed by atoms with Crippen LogP contribution < -0.4 is 4.72 Å². The SMILES string of the molecule is Cc1ncc(S(=O)(=O)Nc2cc(C(=O)O)ccn2)[nH]1. The number of carbonyl (C=O) groups is 1. The van der Waals surface area contributed by atoms with Gasteiger partial charge >= 0.3 is 5.97 Å². The summed E-state index contributed by atoms with van der Waals surface area (Å²) in [6, 6.07) is 2.39. The van der Waals surface area contributed by atoms with Crippen molar-refractivity contribution in [1.82, 2.24) is 15.0 Å². The second-order valence-corrected chi connectivity index (χ2v) is 5.32. The highest BCUT2D eigenvalue weighted by atomic mass is 32.2. The van der Waals surface area contributed by atoms with Crippen molar-refractivity contribution in [3.8, 4) is 0 Å². The number of nitrogens with one attached hydrogen (secondary N) is 2. The Bertz CT molecular complexity index is 723.